The molecule has 0 N–H and O–H groups in total. The minimum absolute atomic E-state index is 0.968. The molecule has 0 nitrogen and oxygen atoms in total. The van der Waals surface area contributed by atoms with Crippen LogP contribution < -0.4 is 0 Å². The maximum Gasteiger partial charge on any atom is 0.0553 e. The second kappa shape index (κ2) is 1.60. The first-order valence-corrected chi connectivity index (χ1v) is 4.98. The van der Waals surface area contributed by atoms with Gasteiger partial charge in [-0.25, -0.2) is 0 Å². The molecule has 3 aliphatic heterocycles. The quantitative estimate of drug-likeness (QED) is 0.514. The van der Waals surface area contributed by atoms with E-state index >= 15 is 0 Å². The van der Waals surface area contributed by atoms with Gasteiger partial charge in [-0.1, -0.05) is 13.8 Å². The third kappa shape index (κ3) is 0.508. The fourth-order valence-electron chi connectivity index (χ4n) is 1.27. The van der Waals surface area contributed by atoms with Gasteiger partial charge in [0.1, 0.15) is 0 Å². The zero-order valence-corrected chi connectivity index (χ0v) is 6.76. The van der Waals surface area contributed by atoms with Crippen molar-refractivity contribution in [3.8, 4) is 0 Å². The Balaban J connectivity index is 2.16. The van der Waals surface area contributed by atoms with Crippen molar-refractivity contribution in [1.82, 2.24) is 0 Å². The second-order valence-corrected chi connectivity index (χ2v) is 5.90. The third-order valence-corrected chi connectivity index (χ3v) is 6.35. The van der Waals surface area contributed by atoms with Gasteiger partial charge in [0, 0.05) is 0 Å². The van der Waals surface area contributed by atoms with Crippen molar-refractivity contribution >= 4 is 23.5 Å². The highest BCUT2D eigenvalue weighted by Gasteiger charge is 2.49. The van der Waals surface area contributed by atoms with E-state index in [0.717, 1.165) is 21.0 Å². The molecule has 3 aliphatic rings. The molecule has 46 valence electrons. The Labute approximate surface area is 58.8 Å². The Kier molecular flexibility index (Phi) is 1.10. The first kappa shape index (κ1) is 5.48. The summed E-state index contributed by atoms with van der Waals surface area (Å²) in [5.41, 5.74) is 0. The summed E-state index contributed by atoms with van der Waals surface area (Å²) >= 11 is 4.35. The fraction of sp³-hybridized carbons (Fsp3) is 1.00. The van der Waals surface area contributed by atoms with Crippen LogP contribution in [0.4, 0.5) is 0 Å². The predicted octanol–water partition coefficient (Wildman–Crippen LogP) is 2.40. The lowest BCUT2D eigenvalue weighted by molar-refractivity contribution is 0.491. The van der Waals surface area contributed by atoms with Gasteiger partial charge in [0.2, 0.25) is 0 Å². The molecule has 0 aromatic rings. The minimum atomic E-state index is 0.968. The van der Waals surface area contributed by atoms with Crippen LogP contribution in [0.5, 0.6) is 0 Å². The minimum Gasteiger partial charge on any atom is -0.133 e. The molecule has 8 heavy (non-hydrogen) atoms. The summed E-state index contributed by atoms with van der Waals surface area (Å²) in [4.78, 5) is 0. The highest BCUT2D eigenvalue weighted by Crippen LogP contribution is 2.63. The van der Waals surface area contributed by atoms with Gasteiger partial charge < -0.3 is 0 Å². The third-order valence-electron chi connectivity index (χ3n) is 2.22. The van der Waals surface area contributed by atoms with E-state index in [1.165, 1.54) is 0 Å². The van der Waals surface area contributed by atoms with Gasteiger partial charge in [0.05, 0.1) is 9.16 Å². The van der Waals surface area contributed by atoms with E-state index in [1.807, 2.05) is 0 Å². The molecule has 0 amide bonds. The van der Waals surface area contributed by atoms with Gasteiger partial charge in [-0.15, -0.1) is 23.5 Å². The molecule has 2 atom stereocenters. The lowest BCUT2D eigenvalue weighted by atomic mass is 10.0. The van der Waals surface area contributed by atoms with Crippen LogP contribution in [0.2, 0.25) is 0 Å². The first-order chi connectivity index (χ1) is 3.79. The van der Waals surface area contributed by atoms with Crippen molar-refractivity contribution < 1.29 is 0 Å². The molecule has 0 saturated carbocycles. The zero-order chi connectivity index (χ0) is 5.72. The van der Waals surface area contributed by atoms with E-state index in [4.69, 9.17) is 0 Å². The molecule has 3 rings (SSSR count). The number of fused-ring (bicyclic) bond motifs is 1. The van der Waals surface area contributed by atoms with Gasteiger partial charge in [-0.2, -0.15) is 0 Å². The summed E-state index contributed by atoms with van der Waals surface area (Å²) in [6, 6.07) is 0. The molecule has 0 unspecified atom stereocenters. The van der Waals surface area contributed by atoms with E-state index in [0.29, 0.717) is 0 Å². The number of hydrogen-bond donors (Lipinski definition) is 0. The summed E-state index contributed by atoms with van der Waals surface area (Å²) in [5.74, 6) is 1.96. The van der Waals surface area contributed by atoms with Crippen LogP contribution >= 0.6 is 23.5 Å². The summed E-state index contributed by atoms with van der Waals surface area (Å²) in [6.45, 7) is 4.75. The Bertz CT molecular complexity index is 95.1. The van der Waals surface area contributed by atoms with Crippen LogP contribution in [0.3, 0.4) is 0 Å². The monoisotopic (exact) mass is 146 g/mol. The van der Waals surface area contributed by atoms with Crippen molar-refractivity contribution in [3.63, 3.8) is 0 Å². The van der Waals surface area contributed by atoms with Gasteiger partial charge in [-0.3, -0.25) is 0 Å². The molecule has 3 saturated heterocycles. The lowest BCUT2D eigenvalue weighted by Crippen LogP contribution is -2.06. The van der Waals surface area contributed by atoms with Crippen LogP contribution in [0.1, 0.15) is 13.8 Å². The van der Waals surface area contributed by atoms with Gasteiger partial charge in [0.15, 0.2) is 0 Å². The largest absolute Gasteiger partial charge is 0.133 e. The maximum absolute atomic E-state index is 2.38. The molecule has 0 aromatic carbocycles. The Hall–Kier alpha value is 0.700. The molecular weight excluding hydrogens is 136 g/mol. The molecule has 2 heteroatoms. The average molecular weight is 146 g/mol. The van der Waals surface area contributed by atoms with Gasteiger partial charge in [0.25, 0.3) is 0 Å². The van der Waals surface area contributed by atoms with Crippen LogP contribution in [-0.4, -0.2) is 9.16 Å². The summed E-state index contributed by atoms with van der Waals surface area (Å²) in [5, 5.41) is 0. The zero-order valence-electron chi connectivity index (χ0n) is 5.13. The predicted molar refractivity (Wildman–Crippen MR) is 41.1 cm³/mol. The SMILES string of the molecule is C[C@@H]1C2SC(S2)[C@@H]1C. The molecular formula is C6H10S2. The molecule has 0 radical (unpaired) electrons. The lowest BCUT2D eigenvalue weighted by Gasteiger charge is -2.22. The molecule has 0 aromatic heterocycles. The smallest absolute Gasteiger partial charge is 0.0553 e. The molecule has 2 bridgehead atoms. The topological polar surface area (TPSA) is 0 Å². The van der Waals surface area contributed by atoms with Gasteiger partial charge in [-0.05, 0) is 11.8 Å². The van der Waals surface area contributed by atoms with Crippen LogP contribution in [0.25, 0.3) is 0 Å². The number of thioether (sulfide) groups is 2. The Morgan fingerprint density at radius 3 is 1.38 bits per heavy atom. The fourth-order valence-corrected chi connectivity index (χ4v) is 4.90. The van der Waals surface area contributed by atoms with E-state index in [-0.39, 0.29) is 0 Å². The maximum atomic E-state index is 2.38. The van der Waals surface area contributed by atoms with Crippen LogP contribution in [-0.2, 0) is 0 Å². The average Bonchev–Trinajstić information content (AvgIpc) is 1.89. The highest BCUT2D eigenvalue weighted by molar-refractivity contribution is 8.33. The summed E-state index contributed by atoms with van der Waals surface area (Å²) < 4.78 is 1.94. The van der Waals surface area contributed by atoms with E-state index in [2.05, 4.69) is 37.4 Å². The van der Waals surface area contributed by atoms with Crippen molar-refractivity contribution in [3.05, 3.63) is 0 Å². The number of rotatable bonds is 0. The Morgan fingerprint density at radius 2 is 1.25 bits per heavy atom. The van der Waals surface area contributed by atoms with Crippen molar-refractivity contribution in [2.24, 2.45) is 11.8 Å². The van der Waals surface area contributed by atoms with E-state index in [9.17, 15) is 0 Å². The van der Waals surface area contributed by atoms with Gasteiger partial charge >= 0.3 is 0 Å². The number of hydrogen-bond acceptors (Lipinski definition) is 2. The summed E-state index contributed by atoms with van der Waals surface area (Å²) in [6.07, 6.45) is 0. The molecule has 0 aliphatic carbocycles. The van der Waals surface area contributed by atoms with E-state index in [1.54, 1.807) is 0 Å². The molecule has 3 heterocycles. The standard InChI is InChI=1S/C6H10S2/c1-3-4(2)6-7-5(3)8-6/h3-6H,1-2H3/t3-,4+,5?,6?. The van der Waals surface area contributed by atoms with Crippen LogP contribution in [0, 0.1) is 11.8 Å². The first-order valence-electron chi connectivity index (χ1n) is 3.10. The second-order valence-electron chi connectivity index (χ2n) is 2.73. The van der Waals surface area contributed by atoms with Crippen molar-refractivity contribution in [1.29, 1.82) is 0 Å². The molecule has 3 fully saturated rings. The van der Waals surface area contributed by atoms with E-state index < -0.39 is 0 Å². The van der Waals surface area contributed by atoms with Crippen LogP contribution in [0.15, 0.2) is 0 Å². The molecule has 0 spiro atoms. The normalized spacial score (nSPS) is 60.8. The Morgan fingerprint density at radius 1 is 0.875 bits per heavy atom. The van der Waals surface area contributed by atoms with Crippen molar-refractivity contribution in [2.45, 2.75) is 23.0 Å². The van der Waals surface area contributed by atoms with Crippen molar-refractivity contribution in [2.75, 3.05) is 0 Å². The summed E-state index contributed by atoms with van der Waals surface area (Å²) in [7, 11) is 0. The highest BCUT2D eigenvalue weighted by atomic mass is 32.3.